The molecule has 1 amide bonds. The molecule has 0 aliphatic carbocycles. The minimum atomic E-state index is -0.0382. The molecule has 0 atom stereocenters. The second kappa shape index (κ2) is 9.73. The number of carbonyl (C=O) groups is 1. The van der Waals surface area contributed by atoms with E-state index in [4.69, 9.17) is 5.26 Å². The van der Waals surface area contributed by atoms with Crippen LogP contribution in [0, 0.1) is 11.3 Å². The Hall–Kier alpha value is -3.53. The van der Waals surface area contributed by atoms with E-state index < -0.39 is 0 Å². The minimum absolute atomic E-state index is 0.0382. The number of rotatable bonds is 6. The molecule has 0 radical (unpaired) electrons. The fraction of sp³-hybridized carbons (Fsp3) is 0.400. The molecule has 4 rings (SSSR count). The molecule has 1 aliphatic rings. The van der Waals surface area contributed by atoms with E-state index in [1.54, 1.807) is 9.13 Å². The molecule has 2 heterocycles. The number of nitrogens with zero attached hydrogens (tertiary/aromatic N) is 5. The van der Waals surface area contributed by atoms with Crippen molar-refractivity contribution in [3.05, 3.63) is 64.6 Å². The highest BCUT2D eigenvalue weighted by Crippen LogP contribution is 2.18. The van der Waals surface area contributed by atoms with E-state index in [0.29, 0.717) is 31.6 Å². The largest absolute Gasteiger partial charge is 0.370 e. The van der Waals surface area contributed by atoms with Crippen LogP contribution in [-0.2, 0) is 17.9 Å². The van der Waals surface area contributed by atoms with Crippen LogP contribution in [0.3, 0.4) is 0 Å². The number of para-hydroxylation sites is 2. The summed E-state index contributed by atoms with van der Waals surface area (Å²) >= 11 is 0. The van der Waals surface area contributed by atoms with Crippen LogP contribution < -0.4 is 10.6 Å². The number of nitriles is 1. The third-order valence-corrected chi connectivity index (χ3v) is 6.13. The summed E-state index contributed by atoms with van der Waals surface area (Å²) in [5, 5.41) is 8.99. The van der Waals surface area contributed by atoms with Gasteiger partial charge in [-0.1, -0.05) is 19.1 Å². The van der Waals surface area contributed by atoms with Crippen LogP contribution in [-0.4, -0.2) is 46.1 Å². The van der Waals surface area contributed by atoms with Gasteiger partial charge in [0.1, 0.15) is 0 Å². The van der Waals surface area contributed by atoms with Crippen molar-refractivity contribution in [1.82, 2.24) is 14.0 Å². The smallest absolute Gasteiger partial charge is 0.329 e. The van der Waals surface area contributed by atoms with E-state index in [1.807, 2.05) is 53.4 Å². The van der Waals surface area contributed by atoms with Crippen LogP contribution in [0.15, 0.2) is 53.3 Å². The summed E-state index contributed by atoms with van der Waals surface area (Å²) in [4.78, 5) is 30.1. The highest BCUT2D eigenvalue weighted by molar-refractivity contribution is 5.78. The Labute approximate surface area is 188 Å². The molecule has 1 saturated heterocycles. The maximum Gasteiger partial charge on any atom is 0.329 e. The summed E-state index contributed by atoms with van der Waals surface area (Å²) in [7, 11) is 0. The van der Waals surface area contributed by atoms with Gasteiger partial charge in [0.15, 0.2) is 0 Å². The lowest BCUT2D eigenvalue weighted by atomic mass is 10.2. The molecule has 1 aliphatic heterocycles. The second-order valence-electron chi connectivity index (χ2n) is 8.20. The third-order valence-electron chi connectivity index (χ3n) is 6.13. The summed E-state index contributed by atoms with van der Waals surface area (Å²) in [6.07, 6.45) is 2.09. The summed E-state index contributed by atoms with van der Waals surface area (Å²) in [6, 6.07) is 17.5. The van der Waals surface area contributed by atoms with Crippen molar-refractivity contribution in [1.29, 1.82) is 5.26 Å². The number of aryl methyl sites for hydroxylation is 2. The zero-order valence-electron chi connectivity index (χ0n) is 18.5. The molecule has 0 bridgehead atoms. The molecule has 0 saturated carbocycles. The Morgan fingerprint density at radius 1 is 0.938 bits per heavy atom. The number of anilines is 1. The van der Waals surface area contributed by atoms with E-state index >= 15 is 0 Å². The minimum Gasteiger partial charge on any atom is -0.370 e. The maximum atomic E-state index is 13.0. The molecule has 3 aromatic rings. The van der Waals surface area contributed by atoms with Gasteiger partial charge in [0.2, 0.25) is 5.91 Å². The highest BCUT2D eigenvalue weighted by Gasteiger charge is 2.20. The van der Waals surface area contributed by atoms with Gasteiger partial charge in [-0.15, -0.1) is 0 Å². The fourth-order valence-corrected chi connectivity index (χ4v) is 4.47. The van der Waals surface area contributed by atoms with Crippen molar-refractivity contribution < 1.29 is 4.79 Å². The van der Waals surface area contributed by atoms with Crippen molar-refractivity contribution in [2.45, 2.75) is 39.3 Å². The fourth-order valence-electron chi connectivity index (χ4n) is 4.47. The molecule has 7 heteroatoms. The molecule has 1 fully saturated rings. The van der Waals surface area contributed by atoms with Gasteiger partial charge in [0.25, 0.3) is 0 Å². The van der Waals surface area contributed by atoms with Crippen LogP contribution in [0.5, 0.6) is 0 Å². The first-order valence-corrected chi connectivity index (χ1v) is 11.3. The number of hydrogen-bond donors (Lipinski definition) is 0. The molecule has 0 spiro atoms. The molecule has 0 N–H and O–H groups in total. The zero-order valence-corrected chi connectivity index (χ0v) is 18.5. The average Bonchev–Trinajstić information content (AvgIpc) is 2.98. The van der Waals surface area contributed by atoms with Crippen LogP contribution in [0.2, 0.25) is 0 Å². The van der Waals surface area contributed by atoms with Crippen LogP contribution in [0.1, 0.15) is 31.7 Å². The Morgan fingerprint density at radius 2 is 1.62 bits per heavy atom. The Balaban J connectivity index is 1.41. The Morgan fingerprint density at radius 3 is 2.28 bits per heavy atom. The van der Waals surface area contributed by atoms with Gasteiger partial charge in [0, 0.05) is 51.4 Å². The lowest BCUT2D eigenvalue weighted by Crippen LogP contribution is -2.36. The van der Waals surface area contributed by atoms with Gasteiger partial charge < -0.3 is 9.80 Å². The summed E-state index contributed by atoms with van der Waals surface area (Å²) < 4.78 is 3.55. The molecule has 7 nitrogen and oxygen atoms in total. The number of imidazole rings is 1. The first kappa shape index (κ1) is 21.7. The number of benzene rings is 2. The van der Waals surface area contributed by atoms with E-state index in [-0.39, 0.29) is 11.6 Å². The lowest BCUT2D eigenvalue weighted by Gasteiger charge is -2.24. The predicted molar refractivity (Wildman–Crippen MR) is 126 cm³/mol. The van der Waals surface area contributed by atoms with Gasteiger partial charge in [-0.05, 0) is 49.2 Å². The predicted octanol–water partition coefficient (Wildman–Crippen LogP) is 3.21. The molecule has 2 aromatic carbocycles. The maximum absolute atomic E-state index is 13.0. The standard InChI is InChI=1S/C25H29N5O2/c1-2-13-29-22-6-3-4-7-23(22)30(25(29)32)16-12-24(31)28-15-5-14-27(17-18-28)21-10-8-20(19-26)9-11-21/h3-4,6-11H,2,5,12-18H2,1H3. The normalized spacial score (nSPS) is 14.4. The second-order valence-corrected chi connectivity index (χ2v) is 8.20. The molecular formula is C25H29N5O2. The van der Waals surface area contributed by atoms with Crippen LogP contribution in [0.4, 0.5) is 5.69 Å². The van der Waals surface area contributed by atoms with Gasteiger partial charge in [0.05, 0.1) is 22.7 Å². The van der Waals surface area contributed by atoms with Gasteiger partial charge in [-0.2, -0.15) is 5.26 Å². The van der Waals surface area contributed by atoms with Crippen molar-refractivity contribution in [2.24, 2.45) is 0 Å². The van der Waals surface area contributed by atoms with Crippen LogP contribution in [0.25, 0.3) is 11.0 Å². The lowest BCUT2D eigenvalue weighted by molar-refractivity contribution is -0.131. The van der Waals surface area contributed by atoms with E-state index in [1.165, 1.54) is 0 Å². The Bertz CT molecular complexity index is 1190. The number of carbonyl (C=O) groups excluding carboxylic acids is 1. The molecule has 32 heavy (non-hydrogen) atoms. The SMILES string of the molecule is CCCn1c(=O)n(CCC(=O)N2CCCN(c3ccc(C#N)cc3)CC2)c2ccccc21. The summed E-state index contributed by atoms with van der Waals surface area (Å²) in [6.45, 7) is 6.14. The first-order chi connectivity index (χ1) is 15.6. The van der Waals surface area contributed by atoms with Gasteiger partial charge >= 0.3 is 5.69 Å². The van der Waals surface area contributed by atoms with E-state index in [0.717, 1.165) is 49.2 Å². The number of amides is 1. The topological polar surface area (TPSA) is 74.3 Å². The van der Waals surface area contributed by atoms with Crippen molar-refractivity contribution >= 4 is 22.6 Å². The van der Waals surface area contributed by atoms with Crippen molar-refractivity contribution in [3.63, 3.8) is 0 Å². The quantitative estimate of drug-likeness (QED) is 0.601. The first-order valence-electron chi connectivity index (χ1n) is 11.3. The molecule has 0 unspecified atom stereocenters. The molecule has 166 valence electrons. The number of hydrogen-bond acceptors (Lipinski definition) is 4. The average molecular weight is 432 g/mol. The van der Waals surface area contributed by atoms with Crippen molar-refractivity contribution in [3.8, 4) is 6.07 Å². The van der Waals surface area contributed by atoms with E-state index in [2.05, 4.69) is 17.9 Å². The van der Waals surface area contributed by atoms with Crippen LogP contribution >= 0.6 is 0 Å². The highest BCUT2D eigenvalue weighted by atomic mass is 16.2. The summed E-state index contributed by atoms with van der Waals surface area (Å²) in [5.41, 5.74) is 3.51. The van der Waals surface area contributed by atoms with Gasteiger partial charge in [-0.3, -0.25) is 13.9 Å². The number of aromatic nitrogens is 2. The Kier molecular flexibility index (Phi) is 6.60. The van der Waals surface area contributed by atoms with E-state index in [9.17, 15) is 9.59 Å². The zero-order chi connectivity index (χ0) is 22.5. The molecule has 1 aromatic heterocycles. The third kappa shape index (κ3) is 4.40. The van der Waals surface area contributed by atoms with Crippen molar-refractivity contribution in [2.75, 3.05) is 31.1 Å². The van der Waals surface area contributed by atoms with Gasteiger partial charge in [-0.25, -0.2) is 4.79 Å². The summed E-state index contributed by atoms with van der Waals surface area (Å²) in [5.74, 6) is 0.0888. The number of fused-ring (bicyclic) bond motifs is 1. The monoisotopic (exact) mass is 431 g/mol. The molecular weight excluding hydrogens is 402 g/mol.